The first kappa shape index (κ1) is 15.4. The quantitative estimate of drug-likeness (QED) is 0.674. The molecule has 0 atom stereocenters. The molecule has 0 aliphatic heterocycles. The van der Waals surface area contributed by atoms with Gasteiger partial charge in [0, 0.05) is 32.3 Å². The summed E-state index contributed by atoms with van der Waals surface area (Å²) in [5.41, 5.74) is 1.57. The first-order chi connectivity index (χ1) is 10.5. The number of nitro groups is 1. The van der Waals surface area contributed by atoms with Crippen LogP contribution in [0, 0.1) is 10.1 Å². The minimum absolute atomic E-state index is 0.0351. The second-order valence-corrected chi connectivity index (χ2v) is 4.76. The highest BCUT2D eigenvalue weighted by atomic mass is 16.6. The summed E-state index contributed by atoms with van der Waals surface area (Å²) in [7, 11) is 3.44. The maximum Gasteiger partial charge on any atom is 0.287 e. The SMILES string of the molecule is CNC(=O)c1ccc(CN(C)c2ccc([N+](=O)[O-])cn2)cc1. The summed E-state index contributed by atoms with van der Waals surface area (Å²) < 4.78 is 0. The lowest BCUT2D eigenvalue weighted by Gasteiger charge is -2.18. The average molecular weight is 300 g/mol. The van der Waals surface area contributed by atoms with Crippen LogP contribution in [0.4, 0.5) is 11.5 Å². The highest BCUT2D eigenvalue weighted by Crippen LogP contribution is 2.17. The van der Waals surface area contributed by atoms with Crippen LogP contribution in [0.3, 0.4) is 0 Å². The molecule has 0 bridgehead atoms. The number of anilines is 1. The Morgan fingerprint density at radius 2 is 1.95 bits per heavy atom. The third kappa shape index (κ3) is 3.57. The van der Waals surface area contributed by atoms with Gasteiger partial charge in [-0.25, -0.2) is 4.98 Å². The molecule has 0 aliphatic carbocycles. The molecule has 1 aromatic heterocycles. The van der Waals surface area contributed by atoms with Gasteiger partial charge in [-0.2, -0.15) is 0 Å². The first-order valence-electron chi connectivity index (χ1n) is 6.64. The molecule has 0 aliphatic rings. The Morgan fingerprint density at radius 1 is 1.27 bits per heavy atom. The predicted molar refractivity (Wildman–Crippen MR) is 82.8 cm³/mol. The molecule has 0 unspecified atom stereocenters. The fourth-order valence-corrected chi connectivity index (χ4v) is 1.97. The van der Waals surface area contributed by atoms with Crippen molar-refractivity contribution in [3.05, 3.63) is 63.8 Å². The highest BCUT2D eigenvalue weighted by molar-refractivity contribution is 5.93. The minimum atomic E-state index is -0.478. The number of hydrogen-bond donors (Lipinski definition) is 1. The summed E-state index contributed by atoms with van der Waals surface area (Å²) >= 11 is 0. The van der Waals surface area contributed by atoms with Crippen LogP contribution in [-0.4, -0.2) is 29.9 Å². The van der Waals surface area contributed by atoms with E-state index in [0.717, 1.165) is 5.56 Å². The van der Waals surface area contributed by atoms with Crippen LogP contribution in [-0.2, 0) is 6.54 Å². The lowest BCUT2D eigenvalue weighted by Crippen LogP contribution is -2.19. The topological polar surface area (TPSA) is 88.4 Å². The first-order valence-corrected chi connectivity index (χ1v) is 6.64. The lowest BCUT2D eigenvalue weighted by molar-refractivity contribution is -0.385. The Hall–Kier alpha value is -2.96. The van der Waals surface area contributed by atoms with Crippen molar-refractivity contribution in [2.45, 2.75) is 6.54 Å². The molecule has 7 heteroatoms. The molecule has 1 heterocycles. The normalized spacial score (nSPS) is 10.1. The Balaban J connectivity index is 2.06. The van der Waals surface area contributed by atoms with E-state index in [9.17, 15) is 14.9 Å². The van der Waals surface area contributed by atoms with E-state index in [1.54, 1.807) is 25.2 Å². The van der Waals surface area contributed by atoms with Gasteiger partial charge in [-0.05, 0) is 23.8 Å². The van der Waals surface area contributed by atoms with Gasteiger partial charge in [0.1, 0.15) is 12.0 Å². The fraction of sp³-hybridized carbons (Fsp3) is 0.200. The van der Waals surface area contributed by atoms with Crippen molar-refractivity contribution in [1.29, 1.82) is 0 Å². The number of amides is 1. The van der Waals surface area contributed by atoms with Gasteiger partial charge < -0.3 is 10.2 Å². The van der Waals surface area contributed by atoms with E-state index in [-0.39, 0.29) is 11.6 Å². The van der Waals surface area contributed by atoms with Gasteiger partial charge in [-0.3, -0.25) is 14.9 Å². The van der Waals surface area contributed by atoms with E-state index in [1.165, 1.54) is 12.3 Å². The monoisotopic (exact) mass is 300 g/mol. The highest BCUT2D eigenvalue weighted by Gasteiger charge is 2.09. The zero-order chi connectivity index (χ0) is 16.1. The average Bonchev–Trinajstić information content (AvgIpc) is 2.54. The number of pyridine rings is 1. The van der Waals surface area contributed by atoms with E-state index < -0.39 is 4.92 Å². The summed E-state index contributed by atoms with van der Waals surface area (Å²) in [6, 6.07) is 10.3. The number of nitrogens with zero attached hydrogens (tertiary/aromatic N) is 3. The van der Waals surface area contributed by atoms with Gasteiger partial charge in [-0.1, -0.05) is 12.1 Å². The Bertz CT molecular complexity index is 668. The van der Waals surface area contributed by atoms with Crippen LogP contribution in [0.15, 0.2) is 42.6 Å². The summed E-state index contributed by atoms with van der Waals surface area (Å²) in [6.45, 7) is 0.582. The van der Waals surface area contributed by atoms with E-state index >= 15 is 0 Å². The van der Waals surface area contributed by atoms with Gasteiger partial charge in [0.15, 0.2) is 0 Å². The molecule has 0 saturated carbocycles. The summed E-state index contributed by atoms with van der Waals surface area (Å²) in [4.78, 5) is 27.5. The van der Waals surface area contributed by atoms with Gasteiger partial charge in [0.05, 0.1) is 4.92 Å². The van der Waals surface area contributed by atoms with E-state index in [0.29, 0.717) is 17.9 Å². The van der Waals surface area contributed by atoms with Crippen molar-refractivity contribution in [1.82, 2.24) is 10.3 Å². The Labute approximate surface area is 127 Å². The number of benzene rings is 1. The second-order valence-electron chi connectivity index (χ2n) is 4.76. The van der Waals surface area contributed by atoms with Crippen molar-refractivity contribution in [2.75, 3.05) is 19.0 Å². The Kier molecular flexibility index (Phi) is 4.67. The molecule has 1 N–H and O–H groups in total. The third-order valence-electron chi connectivity index (χ3n) is 3.20. The molecule has 0 spiro atoms. The second kappa shape index (κ2) is 6.66. The zero-order valence-electron chi connectivity index (χ0n) is 12.3. The molecule has 0 fully saturated rings. The van der Waals surface area contributed by atoms with Crippen LogP contribution < -0.4 is 10.2 Å². The molecule has 0 radical (unpaired) electrons. The maximum absolute atomic E-state index is 11.5. The maximum atomic E-state index is 11.5. The van der Waals surface area contributed by atoms with Crippen molar-refractivity contribution in [3.8, 4) is 0 Å². The van der Waals surface area contributed by atoms with Crippen molar-refractivity contribution in [3.63, 3.8) is 0 Å². The summed E-state index contributed by atoms with van der Waals surface area (Å²) in [5, 5.41) is 13.2. The Morgan fingerprint density at radius 3 is 2.45 bits per heavy atom. The van der Waals surface area contributed by atoms with Crippen LogP contribution in [0.5, 0.6) is 0 Å². The molecule has 2 rings (SSSR count). The molecular formula is C15H16N4O3. The van der Waals surface area contributed by atoms with Gasteiger partial charge in [0.25, 0.3) is 11.6 Å². The molecule has 114 valence electrons. The number of rotatable bonds is 5. The van der Waals surface area contributed by atoms with Crippen molar-refractivity contribution >= 4 is 17.4 Å². The molecule has 22 heavy (non-hydrogen) atoms. The van der Waals surface area contributed by atoms with Crippen LogP contribution in [0.25, 0.3) is 0 Å². The third-order valence-corrected chi connectivity index (χ3v) is 3.20. The van der Waals surface area contributed by atoms with E-state index in [4.69, 9.17) is 0 Å². The molecule has 1 amide bonds. The van der Waals surface area contributed by atoms with Crippen LogP contribution in [0.1, 0.15) is 15.9 Å². The molecular weight excluding hydrogens is 284 g/mol. The smallest absolute Gasteiger partial charge is 0.287 e. The largest absolute Gasteiger partial charge is 0.355 e. The van der Waals surface area contributed by atoms with Gasteiger partial charge in [-0.15, -0.1) is 0 Å². The molecule has 1 aromatic carbocycles. The van der Waals surface area contributed by atoms with Gasteiger partial charge in [0.2, 0.25) is 0 Å². The minimum Gasteiger partial charge on any atom is -0.355 e. The van der Waals surface area contributed by atoms with Crippen LogP contribution in [0.2, 0.25) is 0 Å². The lowest BCUT2D eigenvalue weighted by atomic mass is 10.1. The summed E-state index contributed by atoms with van der Waals surface area (Å²) in [5.74, 6) is 0.512. The van der Waals surface area contributed by atoms with E-state index in [2.05, 4.69) is 10.3 Å². The number of hydrogen-bond acceptors (Lipinski definition) is 5. The van der Waals surface area contributed by atoms with Gasteiger partial charge >= 0.3 is 0 Å². The number of nitrogens with one attached hydrogen (secondary N) is 1. The van der Waals surface area contributed by atoms with Crippen molar-refractivity contribution in [2.24, 2.45) is 0 Å². The number of aromatic nitrogens is 1. The van der Waals surface area contributed by atoms with Crippen LogP contribution >= 0.6 is 0 Å². The standard InChI is InChI=1S/C15H16N4O3/c1-16-15(20)12-5-3-11(4-6-12)10-18(2)14-8-7-13(9-17-14)19(21)22/h3-9H,10H2,1-2H3,(H,16,20). The van der Waals surface area contributed by atoms with E-state index in [1.807, 2.05) is 24.1 Å². The fourth-order valence-electron chi connectivity index (χ4n) is 1.97. The summed E-state index contributed by atoms with van der Waals surface area (Å²) in [6.07, 6.45) is 1.24. The zero-order valence-corrected chi connectivity index (χ0v) is 12.3. The number of carbonyl (C=O) groups excluding carboxylic acids is 1. The molecule has 7 nitrogen and oxygen atoms in total. The molecule has 2 aromatic rings. The molecule has 0 saturated heterocycles. The predicted octanol–water partition coefficient (Wildman–Crippen LogP) is 1.99. The number of carbonyl (C=O) groups is 1. The van der Waals surface area contributed by atoms with Crippen molar-refractivity contribution < 1.29 is 9.72 Å².